The van der Waals surface area contributed by atoms with Gasteiger partial charge < -0.3 is 4.74 Å². The van der Waals surface area contributed by atoms with Crippen LogP contribution in [0.25, 0.3) is 0 Å². The lowest BCUT2D eigenvalue weighted by atomic mass is 10.0. The van der Waals surface area contributed by atoms with E-state index >= 15 is 0 Å². The number of rotatable bonds is 4. The zero-order valence-electron chi connectivity index (χ0n) is 10.9. The summed E-state index contributed by atoms with van der Waals surface area (Å²) in [6.07, 6.45) is 1.73. The molecular formula is C14H16BrN3O. The Morgan fingerprint density at radius 2 is 2.16 bits per heavy atom. The molecule has 0 saturated carbocycles. The topological polar surface area (TPSA) is 60.2 Å². The van der Waals surface area contributed by atoms with Gasteiger partial charge in [0.2, 0.25) is 0 Å². The molecule has 1 unspecified atom stereocenters. The molecule has 100 valence electrons. The van der Waals surface area contributed by atoms with E-state index in [0.29, 0.717) is 5.75 Å². The Labute approximate surface area is 121 Å². The first kappa shape index (κ1) is 14.0. The molecular weight excluding hydrogens is 306 g/mol. The Balaban J connectivity index is 2.53. The summed E-state index contributed by atoms with van der Waals surface area (Å²) in [6.45, 7) is 2.04. The first-order valence-corrected chi connectivity index (χ1v) is 6.67. The Bertz CT molecular complexity index is 574. The molecule has 0 spiro atoms. The lowest BCUT2D eigenvalue weighted by Gasteiger charge is -2.20. The van der Waals surface area contributed by atoms with Gasteiger partial charge in [-0.05, 0) is 30.7 Å². The first-order valence-electron chi connectivity index (χ1n) is 5.88. The number of methoxy groups -OCH3 is 1. The predicted octanol–water partition coefficient (Wildman–Crippen LogP) is 2.71. The van der Waals surface area contributed by atoms with E-state index in [1.54, 1.807) is 13.3 Å². The summed E-state index contributed by atoms with van der Waals surface area (Å²) in [7, 11) is 1.62. The summed E-state index contributed by atoms with van der Waals surface area (Å²) in [6, 6.07) is 9.59. The number of nitrogens with one attached hydrogen (secondary N) is 1. The summed E-state index contributed by atoms with van der Waals surface area (Å²) in [5.41, 5.74) is 5.76. The highest BCUT2D eigenvalue weighted by Crippen LogP contribution is 2.32. The average Bonchev–Trinajstić information content (AvgIpc) is 2.44. The summed E-state index contributed by atoms with van der Waals surface area (Å²) in [4.78, 5) is 4.38. The molecule has 1 atom stereocenters. The Morgan fingerprint density at radius 1 is 1.37 bits per heavy atom. The van der Waals surface area contributed by atoms with Crippen LogP contribution in [-0.2, 0) is 0 Å². The van der Waals surface area contributed by atoms with Crippen LogP contribution in [0.1, 0.15) is 22.9 Å². The minimum atomic E-state index is -0.231. The quantitative estimate of drug-likeness (QED) is 0.671. The lowest BCUT2D eigenvalue weighted by molar-refractivity contribution is 0.400. The maximum atomic E-state index is 5.71. The maximum Gasteiger partial charge on any atom is 0.142 e. The molecule has 0 aliphatic carbocycles. The molecule has 5 heteroatoms. The number of nitrogens with zero attached hydrogens (tertiary/aromatic N) is 1. The van der Waals surface area contributed by atoms with Gasteiger partial charge in [-0.15, -0.1) is 0 Å². The largest absolute Gasteiger partial charge is 0.495 e. The van der Waals surface area contributed by atoms with Gasteiger partial charge >= 0.3 is 0 Å². The third kappa shape index (κ3) is 2.94. The normalized spacial score (nSPS) is 12.2. The second kappa shape index (κ2) is 6.14. The summed E-state index contributed by atoms with van der Waals surface area (Å²) in [5, 5.41) is 0. The van der Waals surface area contributed by atoms with Crippen LogP contribution in [0.4, 0.5) is 0 Å². The average molecular weight is 322 g/mol. The Morgan fingerprint density at radius 3 is 2.84 bits per heavy atom. The molecule has 0 bridgehead atoms. The highest BCUT2D eigenvalue weighted by atomic mass is 79.9. The van der Waals surface area contributed by atoms with Crippen molar-refractivity contribution in [2.45, 2.75) is 13.0 Å². The van der Waals surface area contributed by atoms with E-state index in [0.717, 1.165) is 21.3 Å². The van der Waals surface area contributed by atoms with E-state index in [-0.39, 0.29) is 6.04 Å². The molecule has 1 heterocycles. The van der Waals surface area contributed by atoms with Crippen molar-refractivity contribution in [1.82, 2.24) is 10.4 Å². The molecule has 0 radical (unpaired) electrons. The van der Waals surface area contributed by atoms with Gasteiger partial charge in [-0.1, -0.05) is 33.6 Å². The van der Waals surface area contributed by atoms with Crippen molar-refractivity contribution in [1.29, 1.82) is 0 Å². The number of hydrogen-bond donors (Lipinski definition) is 2. The van der Waals surface area contributed by atoms with E-state index < -0.39 is 0 Å². The van der Waals surface area contributed by atoms with Gasteiger partial charge in [0.15, 0.2) is 0 Å². The van der Waals surface area contributed by atoms with E-state index in [1.807, 2.05) is 31.2 Å². The zero-order valence-corrected chi connectivity index (χ0v) is 12.4. The van der Waals surface area contributed by atoms with Crippen LogP contribution < -0.4 is 16.0 Å². The van der Waals surface area contributed by atoms with Crippen molar-refractivity contribution in [3.63, 3.8) is 0 Å². The van der Waals surface area contributed by atoms with Crippen LogP contribution in [0.3, 0.4) is 0 Å². The second-order valence-electron chi connectivity index (χ2n) is 4.22. The number of nitrogens with two attached hydrogens (primary N) is 1. The fourth-order valence-electron chi connectivity index (χ4n) is 1.99. The summed E-state index contributed by atoms with van der Waals surface area (Å²) < 4.78 is 6.33. The number of benzene rings is 1. The van der Waals surface area contributed by atoms with Crippen LogP contribution in [0, 0.1) is 6.92 Å². The highest BCUT2D eigenvalue weighted by Gasteiger charge is 2.20. The molecule has 0 saturated heterocycles. The van der Waals surface area contributed by atoms with Gasteiger partial charge in [-0.2, -0.15) is 0 Å². The zero-order chi connectivity index (χ0) is 13.8. The van der Waals surface area contributed by atoms with Crippen LogP contribution >= 0.6 is 15.9 Å². The Kier molecular flexibility index (Phi) is 4.52. The van der Waals surface area contributed by atoms with Gasteiger partial charge in [0.25, 0.3) is 0 Å². The van der Waals surface area contributed by atoms with E-state index in [4.69, 9.17) is 10.6 Å². The fraction of sp³-hybridized carbons (Fsp3) is 0.214. The number of aromatic nitrogens is 1. The number of halogens is 1. The number of aryl methyl sites for hydroxylation is 1. The minimum absolute atomic E-state index is 0.231. The van der Waals surface area contributed by atoms with Crippen molar-refractivity contribution < 1.29 is 4.74 Å². The molecule has 0 fully saturated rings. The first-order chi connectivity index (χ1) is 9.17. The van der Waals surface area contributed by atoms with E-state index in [2.05, 4.69) is 32.4 Å². The van der Waals surface area contributed by atoms with Crippen molar-refractivity contribution >= 4 is 15.9 Å². The standard InChI is InChI=1S/C14H16BrN3O/c1-9-5-6-11(15)10(8-9)13(18-16)14-12(19-2)4-3-7-17-14/h3-8,13,18H,16H2,1-2H3. The van der Waals surface area contributed by atoms with Crippen LogP contribution in [0.2, 0.25) is 0 Å². The number of ether oxygens (including phenoxy) is 1. The number of pyridine rings is 1. The van der Waals surface area contributed by atoms with Crippen molar-refractivity contribution in [2.24, 2.45) is 5.84 Å². The molecule has 0 aliphatic heterocycles. The van der Waals surface area contributed by atoms with Crippen molar-refractivity contribution in [3.8, 4) is 5.75 Å². The molecule has 19 heavy (non-hydrogen) atoms. The van der Waals surface area contributed by atoms with Crippen molar-refractivity contribution in [3.05, 3.63) is 57.8 Å². The van der Waals surface area contributed by atoms with E-state index in [9.17, 15) is 0 Å². The van der Waals surface area contributed by atoms with Gasteiger partial charge in [0, 0.05) is 10.7 Å². The summed E-state index contributed by atoms with van der Waals surface area (Å²) in [5.74, 6) is 6.42. The Hall–Kier alpha value is -1.43. The number of hydrogen-bond acceptors (Lipinski definition) is 4. The molecule has 2 rings (SSSR count). The molecule has 3 N–H and O–H groups in total. The second-order valence-corrected chi connectivity index (χ2v) is 5.07. The minimum Gasteiger partial charge on any atom is -0.495 e. The van der Waals surface area contributed by atoms with Gasteiger partial charge in [-0.3, -0.25) is 10.8 Å². The van der Waals surface area contributed by atoms with E-state index in [1.165, 1.54) is 0 Å². The SMILES string of the molecule is COc1cccnc1C(NN)c1cc(C)ccc1Br. The monoisotopic (exact) mass is 321 g/mol. The van der Waals surface area contributed by atoms with Crippen LogP contribution in [0.15, 0.2) is 41.0 Å². The summed E-state index contributed by atoms with van der Waals surface area (Å²) >= 11 is 3.55. The molecule has 2 aromatic rings. The van der Waals surface area contributed by atoms with Gasteiger partial charge in [0.05, 0.1) is 13.2 Å². The molecule has 0 aliphatic rings. The van der Waals surface area contributed by atoms with Crippen LogP contribution in [-0.4, -0.2) is 12.1 Å². The fourth-order valence-corrected chi connectivity index (χ4v) is 2.47. The highest BCUT2D eigenvalue weighted by molar-refractivity contribution is 9.10. The van der Waals surface area contributed by atoms with Crippen LogP contribution in [0.5, 0.6) is 5.75 Å². The smallest absolute Gasteiger partial charge is 0.142 e. The predicted molar refractivity (Wildman–Crippen MR) is 78.8 cm³/mol. The third-order valence-corrected chi connectivity index (χ3v) is 3.64. The molecule has 0 amide bonds. The van der Waals surface area contributed by atoms with Crippen molar-refractivity contribution in [2.75, 3.05) is 7.11 Å². The molecule has 1 aromatic carbocycles. The number of hydrazine groups is 1. The van der Waals surface area contributed by atoms with Gasteiger partial charge in [-0.25, -0.2) is 5.43 Å². The van der Waals surface area contributed by atoms with Gasteiger partial charge in [0.1, 0.15) is 11.4 Å². The lowest BCUT2D eigenvalue weighted by Crippen LogP contribution is -2.30. The third-order valence-electron chi connectivity index (χ3n) is 2.92. The maximum absolute atomic E-state index is 5.71. The molecule has 4 nitrogen and oxygen atoms in total. The molecule has 1 aromatic heterocycles.